The SMILES string of the molecule is CCOc1c(F)cccc1C(=O)N1CCO[C@H](C(=O)O)C1. The lowest BCUT2D eigenvalue weighted by atomic mass is 10.1. The second kappa shape index (κ2) is 6.53. The number of carboxylic acid groups (broad SMARTS) is 1. The third-order valence-corrected chi connectivity index (χ3v) is 3.12. The molecule has 21 heavy (non-hydrogen) atoms. The molecule has 114 valence electrons. The van der Waals surface area contributed by atoms with E-state index in [1.165, 1.54) is 23.1 Å². The molecule has 0 radical (unpaired) electrons. The highest BCUT2D eigenvalue weighted by molar-refractivity contribution is 5.97. The summed E-state index contributed by atoms with van der Waals surface area (Å²) in [6.45, 7) is 2.22. The van der Waals surface area contributed by atoms with Crippen LogP contribution < -0.4 is 4.74 Å². The minimum atomic E-state index is -1.13. The molecule has 1 aliphatic heterocycles. The number of hydrogen-bond donors (Lipinski definition) is 1. The summed E-state index contributed by atoms with van der Waals surface area (Å²) >= 11 is 0. The van der Waals surface area contributed by atoms with Crippen molar-refractivity contribution in [1.82, 2.24) is 4.90 Å². The van der Waals surface area contributed by atoms with Crippen LogP contribution in [-0.4, -0.2) is 54.3 Å². The van der Waals surface area contributed by atoms with E-state index >= 15 is 0 Å². The van der Waals surface area contributed by atoms with Gasteiger partial charge in [-0.15, -0.1) is 0 Å². The summed E-state index contributed by atoms with van der Waals surface area (Å²) in [4.78, 5) is 24.7. The van der Waals surface area contributed by atoms with E-state index in [0.717, 1.165) is 0 Å². The summed E-state index contributed by atoms with van der Waals surface area (Å²) in [5, 5.41) is 8.94. The Morgan fingerprint density at radius 1 is 1.52 bits per heavy atom. The molecule has 1 heterocycles. The zero-order chi connectivity index (χ0) is 15.4. The molecule has 6 nitrogen and oxygen atoms in total. The first kappa shape index (κ1) is 15.2. The number of rotatable bonds is 4. The Kier molecular flexibility index (Phi) is 4.74. The lowest BCUT2D eigenvalue weighted by molar-refractivity contribution is -0.154. The van der Waals surface area contributed by atoms with Crippen LogP contribution in [0.1, 0.15) is 17.3 Å². The van der Waals surface area contributed by atoms with Gasteiger partial charge in [-0.25, -0.2) is 9.18 Å². The maximum Gasteiger partial charge on any atom is 0.334 e. The van der Waals surface area contributed by atoms with Crippen LogP contribution in [0.15, 0.2) is 18.2 Å². The number of para-hydroxylation sites is 1. The van der Waals surface area contributed by atoms with Crippen molar-refractivity contribution in [3.05, 3.63) is 29.6 Å². The van der Waals surface area contributed by atoms with E-state index in [-0.39, 0.29) is 37.6 Å². The molecular formula is C14H16FNO5. The van der Waals surface area contributed by atoms with Gasteiger partial charge >= 0.3 is 5.97 Å². The van der Waals surface area contributed by atoms with Crippen molar-refractivity contribution >= 4 is 11.9 Å². The summed E-state index contributed by atoms with van der Waals surface area (Å²) in [5.74, 6) is -2.32. The number of aliphatic carboxylic acids is 1. The molecular weight excluding hydrogens is 281 g/mol. The molecule has 0 aliphatic carbocycles. The lowest BCUT2D eigenvalue weighted by Crippen LogP contribution is -2.48. The molecule has 1 aromatic carbocycles. The summed E-state index contributed by atoms with van der Waals surface area (Å²) in [6, 6.07) is 4.09. The van der Waals surface area contributed by atoms with Gasteiger partial charge in [-0.2, -0.15) is 0 Å². The van der Waals surface area contributed by atoms with Gasteiger partial charge in [-0.3, -0.25) is 4.79 Å². The van der Waals surface area contributed by atoms with E-state index in [9.17, 15) is 14.0 Å². The fourth-order valence-electron chi connectivity index (χ4n) is 2.12. The Hall–Kier alpha value is -2.15. The Morgan fingerprint density at radius 3 is 2.95 bits per heavy atom. The Bertz CT molecular complexity index is 548. The van der Waals surface area contributed by atoms with Crippen molar-refractivity contribution in [3.63, 3.8) is 0 Å². The smallest absolute Gasteiger partial charge is 0.334 e. The predicted octanol–water partition coefficient (Wildman–Crippen LogP) is 1.15. The first-order valence-electron chi connectivity index (χ1n) is 6.59. The molecule has 1 fully saturated rings. The average molecular weight is 297 g/mol. The fraction of sp³-hybridized carbons (Fsp3) is 0.429. The Morgan fingerprint density at radius 2 is 2.29 bits per heavy atom. The molecule has 1 atom stereocenters. The van der Waals surface area contributed by atoms with Crippen LogP contribution in [0.25, 0.3) is 0 Å². The second-order valence-corrected chi connectivity index (χ2v) is 4.50. The van der Waals surface area contributed by atoms with Crippen molar-refractivity contribution in [3.8, 4) is 5.75 Å². The lowest BCUT2D eigenvalue weighted by Gasteiger charge is -2.31. The Balaban J connectivity index is 2.23. The van der Waals surface area contributed by atoms with Crippen molar-refractivity contribution < 1.29 is 28.6 Å². The van der Waals surface area contributed by atoms with Crippen LogP contribution in [0.2, 0.25) is 0 Å². The zero-order valence-electron chi connectivity index (χ0n) is 11.5. The third kappa shape index (κ3) is 3.30. The molecule has 1 amide bonds. The minimum Gasteiger partial charge on any atom is -0.490 e. The van der Waals surface area contributed by atoms with Gasteiger partial charge in [0.05, 0.1) is 25.3 Å². The van der Waals surface area contributed by atoms with Crippen molar-refractivity contribution in [2.45, 2.75) is 13.0 Å². The third-order valence-electron chi connectivity index (χ3n) is 3.12. The van der Waals surface area contributed by atoms with E-state index in [1.54, 1.807) is 6.92 Å². The normalized spacial score (nSPS) is 18.4. The van der Waals surface area contributed by atoms with Crippen LogP contribution in [-0.2, 0) is 9.53 Å². The van der Waals surface area contributed by atoms with Gasteiger partial charge in [0.15, 0.2) is 17.7 Å². The summed E-state index contributed by atoms with van der Waals surface area (Å²) in [5.41, 5.74) is 0.0860. The van der Waals surface area contributed by atoms with Gasteiger partial charge in [-0.1, -0.05) is 6.07 Å². The maximum absolute atomic E-state index is 13.8. The molecule has 2 rings (SSSR count). The number of hydrogen-bond acceptors (Lipinski definition) is 4. The van der Waals surface area contributed by atoms with Crippen LogP contribution in [0.4, 0.5) is 4.39 Å². The van der Waals surface area contributed by atoms with E-state index in [0.29, 0.717) is 0 Å². The quantitative estimate of drug-likeness (QED) is 0.902. The largest absolute Gasteiger partial charge is 0.490 e. The van der Waals surface area contributed by atoms with Gasteiger partial charge < -0.3 is 19.5 Å². The van der Waals surface area contributed by atoms with Crippen LogP contribution >= 0.6 is 0 Å². The predicted molar refractivity (Wildman–Crippen MR) is 70.8 cm³/mol. The molecule has 0 saturated carbocycles. The van der Waals surface area contributed by atoms with Gasteiger partial charge in [-0.05, 0) is 19.1 Å². The van der Waals surface area contributed by atoms with Crippen molar-refractivity contribution in [1.29, 1.82) is 0 Å². The number of ether oxygens (including phenoxy) is 2. The number of carbonyl (C=O) groups excluding carboxylic acids is 1. The van der Waals surface area contributed by atoms with Crippen LogP contribution in [0.5, 0.6) is 5.75 Å². The molecule has 7 heteroatoms. The molecule has 1 saturated heterocycles. The molecule has 0 aromatic heterocycles. The number of amides is 1. The molecule has 1 aliphatic rings. The fourth-order valence-corrected chi connectivity index (χ4v) is 2.12. The number of nitrogens with zero attached hydrogens (tertiary/aromatic N) is 1. The topological polar surface area (TPSA) is 76.1 Å². The average Bonchev–Trinajstić information content (AvgIpc) is 2.49. The van der Waals surface area contributed by atoms with Gasteiger partial charge in [0.2, 0.25) is 0 Å². The number of carbonyl (C=O) groups is 2. The van der Waals surface area contributed by atoms with Crippen molar-refractivity contribution in [2.75, 3.05) is 26.3 Å². The highest BCUT2D eigenvalue weighted by Gasteiger charge is 2.31. The zero-order valence-corrected chi connectivity index (χ0v) is 11.5. The number of halogens is 1. The van der Waals surface area contributed by atoms with E-state index in [1.807, 2.05) is 0 Å². The minimum absolute atomic E-state index is 0.0732. The molecule has 0 unspecified atom stereocenters. The van der Waals surface area contributed by atoms with E-state index < -0.39 is 23.8 Å². The highest BCUT2D eigenvalue weighted by atomic mass is 19.1. The summed E-state index contributed by atoms with van der Waals surface area (Å²) < 4.78 is 24.0. The van der Waals surface area contributed by atoms with Gasteiger partial charge in [0.1, 0.15) is 0 Å². The molecule has 1 aromatic rings. The summed E-state index contributed by atoms with van der Waals surface area (Å²) in [6.07, 6.45) is -1.06. The van der Waals surface area contributed by atoms with Gasteiger partial charge in [0.25, 0.3) is 5.91 Å². The first-order chi connectivity index (χ1) is 10.0. The van der Waals surface area contributed by atoms with E-state index in [4.69, 9.17) is 14.6 Å². The number of morpholine rings is 1. The second-order valence-electron chi connectivity index (χ2n) is 4.50. The van der Waals surface area contributed by atoms with Crippen molar-refractivity contribution in [2.24, 2.45) is 0 Å². The van der Waals surface area contributed by atoms with Gasteiger partial charge in [0, 0.05) is 6.54 Å². The first-order valence-corrected chi connectivity index (χ1v) is 6.59. The van der Waals surface area contributed by atoms with Crippen LogP contribution in [0, 0.1) is 5.82 Å². The number of benzene rings is 1. The summed E-state index contributed by atoms with van der Waals surface area (Å²) in [7, 11) is 0. The van der Waals surface area contributed by atoms with E-state index in [2.05, 4.69) is 0 Å². The molecule has 0 bridgehead atoms. The highest BCUT2D eigenvalue weighted by Crippen LogP contribution is 2.25. The maximum atomic E-state index is 13.8. The molecule has 0 spiro atoms. The standard InChI is InChI=1S/C14H16FNO5/c1-2-20-12-9(4-3-5-10(12)15)13(17)16-6-7-21-11(8-16)14(18)19/h3-5,11H,2,6-8H2,1H3,(H,18,19)/t11-/m0/s1. The van der Waals surface area contributed by atoms with Crippen LogP contribution in [0.3, 0.4) is 0 Å². The number of carboxylic acids is 1. The Labute approximate surface area is 121 Å². The molecule has 1 N–H and O–H groups in total. The monoisotopic (exact) mass is 297 g/mol.